The van der Waals surface area contributed by atoms with Crippen LogP contribution in [0.1, 0.15) is 36.8 Å². The van der Waals surface area contributed by atoms with E-state index in [4.69, 9.17) is 0 Å². The van der Waals surface area contributed by atoms with Crippen LogP contribution in [0.3, 0.4) is 0 Å². The molecule has 1 aromatic rings. The highest BCUT2D eigenvalue weighted by atomic mass is 32.2. The van der Waals surface area contributed by atoms with E-state index in [1.807, 2.05) is 4.90 Å². The number of halogens is 3. The lowest BCUT2D eigenvalue weighted by molar-refractivity contribution is -0.137. The topological polar surface area (TPSA) is 32.3 Å². The Kier molecular flexibility index (Phi) is 7.62. The molecule has 1 saturated heterocycles. The first-order valence-corrected chi connectivity index (χ1v) is 9.96. The number of nitrogens with zero attached hydrogens (tertiary/aromatic N) is 1. The predicted octanol–water partition coefficient (Wildman–Crippen LogP) is 3.93. The summed E-state index contributed by atoms with van der Waals surface area (Å²) < 4.78 is 38.1. The predicted molar refractivity (Wildman–Crippen MR) is 95.5 cm³/mol. The Morgan fingerprint density at radius 3 is 2.88 bits per heavy atom. The molecule has 0 spiro atoms. The highest BCUT2D eigenvalue weighted by Crippen LogP contribution is 2.29. The molecular weight excluding hydrogens is 349 g/mol. The molecule has 1 heterocycles. The number of benzene rings is 1. The zero-order valence-corrected chi connectivity index (χ0v) is 15.3. The number of carbonyl (C=O) groups excluding carboxylic acids is 1. The fraction of sp³-hybridized carbons (Fsp3) is 0.611. The molecule has 7 heteroatoms. The van der Waals surface area contributed by atoms with Crippen LogP contribution in [0.15, 0.2) is 24.3 Å². The minimum Gasteiger partial charge on any atom is -0.340 e. The summed E-state index contributed by atoms with van der Waals surface area (Å²) in [6, 6.07) is 5.64. The molecule has 3 nitrogen and oxygen atoms in total. The molecule has 0 unspecified atom stereocenters. The molecule has 25 heavy (non-hydrogen) atoms. The molecule has 140 valence electrons. The summed E-state index contributed by atoms with van der Waals surface area (Å²) in [5, 5.41) is 3.20. The first kappa shape index (κ1) is 20.1. The molecule has 0 radical (unpaired) electrons. The van der Waals surface area contributed by atoms with Gasteiger partial charge in [-0.25, -0.2) is 0 Å². The van der Waals surface area contributed by atoms with Crippen molar-refractivity contribution < 1.29 is 18.0 Å². The third-order valence-electron chi connectivity index (χ3n) is 4.44. The molecule has 0 aliphatic carbocycles. The van der Waals surface area contributed by atoms with Gasteiger partial charge in [-0.1, -0.05) is 18.2 Å². The maximum atomic E-state index is 12.7. The average Bonchev–Trinajstić information content (AvgIpc) is 2.92. The van der Waals surface area contributed by atoms with E-state index in [9.17, 15) is 18.0 Å². The summed E-state index contributed by atoms with van der Waals surface area (Å²) in [6.45, 7) is 1.89. The van der Waals surface area contributed by atoms with E-state index in [2.05, 4.69) is 11.6 Å². The van der Waals surface area contributed by atoms with Crippen molar-refractivity contribution in [2.45, 2.75) is 44.4 Å². The zero-order valence-electron chi connectivity index (χ0n) is 14.4. The van der Waals surface area contributed by atoms with Gasteiger partial charge in [-0.3, -0.25) is 4.79 Å². The molecular formula is C18H25F3N2OS. The van der Waals surface area contributed by atoms with E-state index in [1.165, 1.54) is 12.1 Å². The van der Waals surface area contributed by atoms with Crippen LogP contribution in [0.5, 0.6) is 0 Å². The van der Waals surface area contributed by atoms with Crippen molar-refractivity contribution in [2.24, 2.45) is 0 Å². The molecule has 0 bridgehead atoms. The Balaban J connectivity index is 1.76. The van der Waals surface area contributed by atoms with Crippen LogP contribution in [0.25, 0.3) is 0 Å². The Hall–Kier alpha value is -1.21. The number of nitrogens with one attached hydrogen (secondary N) is 1. The Morgan fingerprint density at radius 1 is 1.36 bits per heavy atom. The standard InChI is InChI=1S/C18H25F3N2OS/c1-25-11-3-10-23-16(6-7-17(23)24)8-9-22-13-14-4-2-5-15(12-14)18(19,20)21/h2,4-5,12,16,22H,3,6-11,13H2,1H3/t16-/m0/s1. The quantitative estimate of drug-likeness (QED) is 0.665. The monoisotopic (exact) mass is 374 g/mol. The van der Waals surface area contributed by atoms with Gasteiger partial charge in [-0.2, -0.15) is 24.9 Å². The SMILES string of the molecule is CSCCCN1C(=O)CC[C@H]1CCNCc1cccc(C(F)(F)F)c1. The first-order chi connectivity index (χ1) is 11.9. The first-order valence-electron chi connectivity index (χ1n) is 8.57. The second-order valence-corrected chi connectivity index (χ2v) is 7.28. The van der Waals surface area contributed by atoms with Gasteiger partial charge in [0.05, 0.1) is 5.56 Å². The van der Waals surface area contributed by atoms with E-state index in [-0.39, 0.29) is 11.9 Å². The van der Waals surface area contributed by atoms with E-state index in [0.717, 1.165) is 37.6 Å². The number of hydrogen-bond acceptors (Lipinski definition) is 3. The Morgan fingerprint density at radius 2 is 2.16 bits per heavy atom. The van der Waals surface area contributed by atoms with Gasteiger partial charge in [0.25, 0.3) is 0 Å². The van der Waals surface area contributed by atoms with Crippen molar-refractivity contribution in [3.8, 4) is 0 Å². The van der Waals surface area contributed by atoms with Crippen LogP contribution >= 0.6 is 11.8 Å². The summed E-state index contributed by atoms with van der Waals surface area (Å²) in [4.78, 5) is 13.9. The van der Waals surface area contributed by atoms with Crippen LogP contribution in [-0.4, -0.2) is 41.9 Å². The largest absolute Gasteiger partial charge is 0.416 e. The van der Waals surface area contributed by atoms with Gasteiger partial charge >= 0.3 is 6.18 Å². The van der Waals surface area contributed by atoms with E-state index >= 15 is 0 Å². The van der Waals surface area contributed by atoms with Crippen LogP contribution in [0.4, 0.5) is 13.2 Å². The molecule has 2 rings (SSSR count). The van der Waals surface area contributed by atoms with Gasteiger partial charge < -0.3 is 10.2 Å². The van der Waals surface area contributed by atoms with E-state index in [1.54, 1.807) is 17.8 Å². The van der Waals surface area contributed by atoms with Gasteiger partial charge in [-0.05, 0) is 49.4 Å². The molecule has 1 N–H and O–H groups in total. The average molecular weight is 374 g/mol. The second kappa shape index (κ2) is 9.48. The molecule has 1 aliphatic rings. The fourth-order valence-corrected chi connectivity index (χ4v) is 3.56. The molecule has 0 saturated carbocycles. The van der Waals surface area contributed by atoms with Crippen molar-refractivity contribution in [3.05, 3.63) is 35.4 Å². The number of likely N-dealkylation sites (tertiary alicyclic amines) is 1. The fourth-order valence-electron chi connectivity index (χ4n) is 3.14. The number of alkyl halides is 3. The number of carbonyl (C=O) groups is 1. The molecule has 1 atom stereocenters. The lowest BCUT2D eigenvalue weighted by atomic mass is 10.1. The van der Waals surface area contributed by atoms with Crippen molar-refractivity contribution in [3.63, 3.8) is 0 Å². The molecule has 1 aromatic carbocycles. The van der Waals surface area contributed by atoms with Crippen LogP contribution < -0.4 is 5.32 Å². The number of amides is 1. The minimum atomic E-state index is -4.31. The molecule has 1 amide bonds. The summed E-state index contributed by atoms with van der Waals surface area (Å²) in [5.41, 5.74) is 0.00214. The van der Waals surface area contributed by atoms with Crippen molar-refractivity contribution in [1.82, 2.24) is 10.2 Å². The highest BCUT2D eigenvalue weighted by Gasteiger charge is 2.31. The molecule has 0 aromatic heterocycles. The lowest BCUT2D eigenvalue weighted by Gasteiger charge is -2.25. The van der Waals surface area contributed by atoms with Crippen LogP contribution in [0, 0.1) is 0 Å². The van der Waals surface area contributed by atoms with Crippen molar-refractivity contribution in [2.75, 3.05) is 25.1 Å². The summed E-state index contributed by atoms with van der Waals surface area (Å²) in [5.74, 6) is 1.27. The second-order valence-electron chi connectivity index (χ2n) is 6.29. The van der Waals surface area contributed by atoms with Gasteiger partial charge in [0, 0.05) is 25.6 Å². The van der Waals surface area contributed by atoms with Crippen LogP contribution in [0.2, 0.25) is 0 Å². The van der Waals surface area contributed by atoms with Crippen LogP contribution in [-0.2, 0) is 17.5 Å². The summed E-state index contributed by atoms with van der Waals surface area (Å²) in [7, 11) is 0. The maximum Gasteiger partial charge on any atom is 0.416 e. The molecule has 1 fully saturated rings. The van der Waals surface area contributed by atoms with E-state index in [0.29, 0.717) is 25.1 Å². The third kappa shape index (κ3) is 6.22. The summed E-state index contributed by atoms with van der Waals surface area (Å²) >= 11 is 1.78. The highest BCUT2D eigenvalue weighted by molar-refractivity contribution is 7.98. The third-order valence-corrected chi connectivity index (χ3v) is 5.13. The minimum absolute atomic E-state index is 0.226. The molecule has 1 aliphatic heterocycles. The van der Waals surface area contributed by atoms with Crippen molar-refractivity contribution >= 4 is 17.7 Å². The smallest absolute Gasteiger partial charge is 0.340 e. The number of rotatable bonds is 9. The number of thioether (sulfide) groups is 1. The lowest BCUT2D eigenvalue weighted by Crippen LogP contribution is -2.36. The summed E-state index contributed by atoms with van der Waals surface area (Å²) in [6.07, 6.45) is 1.07. The maximum absolute atomic E-state index is 12.7. The van der Waals surface area contributed by atoms with Gasteiger partial charge in [0.2, 0.25) is 5.91 Å². The zero-order chi connectivity index (χ0) is 18.3. The van der Waals surface area contributed by atoms with Gasteiger partial charge in [0.15, 0.2) is 0 Å². The number of hydrogen-bond donors (Lipinski definition) is 1. The normalized spacial score (nSPS) is 18.2. The Bertz CT molecular complexity index is 565. The van der Waals surface area contributed by atoms with E-state index < -0.39 is 11.7 Å². The Labute approximate surface area is 151 Å². The van der Waals surface area contributed by atoms with Gasteiger partial charge in [-0.15, -0.1) is 0 Å². The van der Waals surface area contributed by atoms with Gasteiger partial charge in [0.1, 0.15) is 0 Å². The van der Waals surface area contributed by atoms with Crippen molar-refractivity contribution in [1.29, 1.82) is 0 Å².